The zero-order valence-electron chi connectivity index (χ0n) is 20.5. The molecule has 2 fully saturated rings. The standard InChI is InChI=1S/C29H29N3O4S/c33-22-13-15-31-26(27(22)34)28(35)30-16-17-36-18-24(30)32(31)25-20-10-4-5-12-23(20)37-29(14-7-6-11-21(25)29)19-8-2-1-3-9-19/h1-5,8-10,12-13,15,21,24-25,34H,6-7,11,14,16-18H2. The number of pyridine rings is 1. The first-order valence-corrected chi connectivity index (χ1v) is 13.9. The van der Waals surface area contributed by atoms with E-state index in [0.29, 0.717) is 19.8 Å². The highest BCUT2D eigenvalue weighted by atomic mass is 32.2. The fourth-order valence-electron chi connectivity index (χ4n) is 6.96. The van der Waals surface area contributed by atoms with Crippen molar-refractivity contribution in [2.75, 3.05) is 24.8 Å². The van der Waals surface area contributed by atoms with Crippen LogP contribution in [0.2, 0.25) is 0 Å². The Balaban J connectivity index is 1.49. The Bertz CT molecular complexity index is 1430. The number of aromatic nitrogens is 1. The number of hydrogen-bond acceptors (Lipinski definition) is 6. The number of thioether (sulfide) groups is 1. The molecule has 4 atom stereocenters. The zero-order chi connectivity index (χ0) is 25.1. The Hall–Kier alpha value is -3.23. The second-order valence-corrected chi connectivity index (χ2v) is 11.7. The van der Waals surface area contributed by atoms with Crippen LogP contribution in [0.1, 0.15) is 53.3 Å². The Morgan fingerprint density at radius 2 is 1.81 bits per heavy atom. The second-order valence-electron chi connectivity index (χ2n) is 10.3. The van der Waals surface area contributed by atoms with Gasteiger partial charge in [-0.05, 0) is 30.0 Å². The molecule has 0 radical (unpaired) electrons. The van der Waals surface area contributed by atoms with Crippen molar-refractivity contribution in [3.05, 3.63) is 93.9 Å². The quantitative estimate of drug-likeness (QED) is 0.551. The summed E-state index contributed by atoms with van der Waals surface area (Å²) >= 11 is 1.98. The molecule has 1 saturated carbocycles. The summed E-state index contributed by atoms with van der Waals surface area (Å²) < 4.78 is 7.56. The van der Waals surface area contributed by atoms with E-state index in [1.807, 2.05) is 11.8 Å². The van der Waals surface area contributed by atoms with Crippen molar-refractivity contribution >= 4 is 17.7 Å². The molecule has 1 N–H and O–H groups in total. The lowest BCUT2D eigenvalue weighted by Crippen LogP contribution is -2.68. The molecule has 3 aliphatic heterocycles. The van der Waals surface area contributed by atoms with Gasteiger partial charge in [-0.15, -0.1) is 11.8 Å². The van der Waals surface area contributed by atoms with E-state index >= 15 is 0 Å². The molecule has 4 aliphatic rings. The fraction of sp³-hybridized carbons (Fsp3) is 0.379. The normalized spacial score (nSPS) is 28.6. The molecule has 190 valence electrons. The molecule has 2 aromatic carbocycles. The van der Waals surface area contributed by atoms with E-state index in [1.54, 1.807) is 15.8 Å². The second kappa shape index (κ2) is 8.67. The van der Waals surface area contributed by atoms with Crippen molar-refractivity contribution in [3.8, 4) is 5.75 Å². The molecule has 7 rings (SSSR count). The number of carbonyl (C=O) groups is 1. The summed E-state index contributed by atoms with van der Waals surface area (Å²) in [5.74, 6) is -0.565. The fourth-order valence-corrected chi connectivity index (χ4v) is 8.70. The van der Waals surface area contributed by atoms with Gasteiger partial charge in [0, 0.05) is 29.6 Å². The Morgan fingerprint density at radius 1 is 1.00 bits per heavy atom. The van der Waals surface area contributed by atoms with Gasteiger partial charge in [0.15, 0.2) is 11.4 Å². The Morgan fingerprint density at radius 3 is 2.68 bits per heavy atom. The van der Waals surface area contributed by atoms with Gasteiger partial charge in [0.25, 0.3) is 5.91 Å². The summed E-state index contributed by atoms with van der Waals surface area (Å²) in [5.41, 5.74) is 2.05. The van der Waals surface area contributed by atoms with E-state index in [0.717, 1.165) is 25.7 Å². The third-order valence-electron chi connectivity index (χ3n) is 8.55. The Labute approximate surface area is 219 Å². The maximum Gasteiger partial charge on any atom is 0.278 e. The van der Waals surface area contributed by atoms with Gasteiger partial charge in [0.05, 0.1) is 24.0 Å². The van der Waals surface area contributed by atoms with Gasteiger partial charge in [-0.2, -0.15) is 0 Å². The lowest BCUT2D eigenvalue weighted by Gasteiger charge is -2.58. The van der Waals surface area contributed by atoms with Crippen LogP contribution < -0.4 is 10.4 Å². The van der Waals surface area contributed by atoms with Crippen LogP contribution in [0.5, 0.6) is 5.75 Å². The van der Waals surface area contributed by atoms with Crippen molar-refractivity contribution in [1.29, 1.82) is 0 Å². The predicted octanol–water partition coefficient (Wildman–Crippen LogP) is 4.24. The molecule has 8 heteroatoms. The van der Waals surface area contributed by atoms with E-state index in [9.17, 15) is 14.7 Å². The number of morpholine rings is 1. The number of hydrogen-bond donors (Lipinski definition) is 1. The first kappa shape index (κ1) is 22.9. The maximum atomic E-state index is 13.6. The van der Waals surface area contributed by atoms with Crippen LogP contribution in [0.3, 0.4) is 0 Å². The average Bonchev–Trinajstić information content (AvgIpc) is 2.95. The van der Waals surface area contributed by atoms with E-state index in [4.69, 9.17) is 4.74 Å². The molecule has 0 bridgehead atoms. The molecular weight excluding hydrogens is 486 g/mol. The minimum atomic E-state index is -0.540. The van der Waals surface area contributed by atoms with Crippen LogP contribution in [0, 0.1) is 5.92 Å². The Kier molecular flexibility index (Phi) is 5.37. The highest BCUT2D eigenvalue weighted by Crippen LogP contribution is 2.63. The molecule has 1 amide bonds. The zero-order valence-corrected chi connectivity index (χ0v) is 21.3. The third-order valence-corrected chi connectivity index (χ3v) is 10.2. The summed E-state index contributed by atoms with van der Waals surface area (Å²) in [6.07, 6.45) is 5.72. The first-order valence-electron chi connectivity index (χ1n) is 13.1. The number of fused-ring (bicyclic) bond motifs is 4. The van der Waals surface area contributed by atoms with Crippen molar-refractivity contribution in [3.63, 3.8) is 0 Å². The lowest BCUT2D eigenvalue weighted by atomic mass is 9.69. The molecule has 4 unspecified atom stereocenters. The van der Waals surface area contributed by atoms with Crippen molar-refractivity contribution in [2.24, 2.45) is 5.92 Å². The van der Waals surface area contributed by atoms with E-state index in [2.05, 4.69) is 59.6 Å². The van der Waals surface area contributed by atoms with Crippen molar-refractivity contribution in [1.82, 2.24) is 9.58 Å². The predicted molar refractivity (Wildman–Crippen MR) is 141 cm³/mol. The van der Waals surface area contributed by atoms with Crippen LogP contribution in [0.15, 0.2) is 76.6 Å². The molecule has 1 aliphatic carbocycles. The largest absolute Gasteiger partial charge is 0.502 e. The molecule has 0 spiro atoms. The summed E-state index contributed by atoms with van der Waals surface area (Å²) in [6.45, 7) is 1.22. The highest BCUT2D eigenvalue weighted by molar-refractivity contribution is 8.00. The van der Waals surface area contributed by atoms with Crippen LogP contribution in [-0.4, -0.2) is 46.5 Å². The molecule has 3 aromatic rings. The first-order chi connectivity index (χ1) is 18.1. The van der Waals surface area contributed by atoms with Gasteiger partial charge < -0.3 is 14.7 Å². The van der Waals surface area contributed by atoms with E-state index in [1.165, 1.54) is 22.1 Å². The molecule has 1 saturated heterocycles. The van der Waals surface area contributed by atoms with Gasteiger partial charge in [0.2, 0.25) is 5.43 Å². The van der Waals surface area contributed by atoms with E-state index < -0.39 is 11.2 Å². The number of nitrogens with zero attached hydrogens (tertiary/aromatic N) is 3. The van der Waals surface area contributed by atoms with Crippen molar-refractivity contribution < 1.29 is 14.6 Å². The lowest BCUT2D eigenvalue weighted by molar-refractivity contribution is -0.0257. The average molecular weight is 516 g/mol. The summed E-state index contributed by atoms with van der Waals surface area (Å²) in [7, 11) is 0. The van der Waals surface area contributed by atoms with Gasteiger partial charge in [0.1, 0.15) is 6.17 Å². The third kappa shape index (κ3) is 3.31. The molecule has 4 heterocycles. The molecular formula is C29H29N3O4S. The van der Waals surface area contributed by atoms with E-state index in [-0.39, 0.29) is 34.5 Å². The highest BCUT2D eigenvalue weighted by Gasteiger charge is 2.55. The van der Waals surface area contributed by atoms with Crippen LogP contribution in [0.25, 0.3) is 0 Å². The number of aromatic hydroxyl groups is 1. The molecule has 1 aromatic heterocycles. The van der Waals surface area contributed by atoms with Crippen LogP contribution in [-0.2, 0) is 9.48 Å². The van der Waals surface area contributed by atoms with Crippen LogP contribution >= 0.6 is 11.8 Å². The van der Waals surface area contributed by atoms with Gasteiger partial charge >= 0.3 is 0 Å². The number of benzene rings is 2. The number of carbonyl (C=O) groups excluding carboxylic acids is 1. The van der Waals surface area contributed by atoms with Crippen LogP contribution in [0.4, 0.5) is 0 Å². The maximum absolute atomic E-state index is 13.6. The summed E-state index contributed by atoms with van der Waals surface area (Å²) in [5, 5.41) is 13.1. The summed E-state index contributed by atoms with van der Waals surface area (Å²) in [4.78, 5) is 29.1. The van der Waals surface area contributed by atoms with Gasteiger partial charge in [-0.25, -0.2) is 0 Å². The topological polar surface area (TPSA) is 75.0 Å². The smallest absolute Gasteiger partial charge is 0.278 e. The number of amides is 1. The molecule has 37 heavy (non-hydrogen) atoms. The summed E-state index contributed by atoms with van der Waals surface area (Å²) in [6, 6.07) is 20.7. The SMILES string of the molecule is O=C1c2c(O)c(=O)ccn2N(C2c3ccccc3SC3(c4ccccc4)CCCCC23)C2COCCN12. The van der Waals surface area contributed by atoms with Gasteiger partial charge in [-0.1, -0.05) is 61.4 Å². The molecule has 7 nitrogen and oxygen atoms in total. The minimum Gasteiger partial charge on any atom is -0.502 e. The number of rotatable bonds is 2. The monoisotopic (exact) mass is 515 g/mol. The van der Waals surface area contributed by atoms with Gasteiger partial charge in [-0.3, -0.25) is 19.3 Å². The minimum absolute atomic E-state index is 0.0440. The number of ether oxygens (including phenoxy) is 1. The van der Waals surface area contributed by atoms with Crippen molar-refractivity contribution in [2.45, 2.75) is 47.5 Å².